The maximum absolute atomic E-state index is 13.7. The highest BCUT2D eigenvalue weighted by Gasteiger charge is 2.18. The zero-order valence-electron chi connectivity index (χ0n) is 11.3. The lowest BCUT2D eigenvalue weighted by atomic mass is 10.2. The van der Waals surface area contributed by atoms with Gasteiger partial charge in [-0.15, -0.1) is 0 Å². The van der Waals surface area contributed by atoms with Gasteiger partial charge in [-0.1, -0.05) is 23.7 Å². The van der Waals surface area contributed by atoms with E-state index in [1.807, 2.05) is 0 Å². The van der Waals surface area contributed by atoms with Gasteiger partial charge in [-0.25, -0.2) is 18.4 Å². The third-order valence-electron chi connectivity index (χ3n) is 3.00. The highest BCUT2D eigenvalue weighted by atomic mass is 35.5. The Morgan fingerprint density at radius 1 is 1.04 bits per heavy atom. The molecule has 0 saturated heterocycles. The largest absolute Gasteiger partial charge is 0.429 e. The summed E-state index contributed by atoms with van der Waals surface area (Å²) in [4.78, 5) is 27.6. The molecule has 0 N–H and O–H groups in total. The van der Waals surface area contributed by atoms with Crippen LogP contribution in [0.15, 0.2) is 56.5 Å². The lowest BCUT2D eigenvalue weighted by Crippen LogP contribution is -2.33. The molecule has 0 radical (unpaired) electrons. The van der Waals surface area contributed by atoms with E-state index < -0.39 is 34.5 Å². The van der Waals surface area contributed by atoms with E-state index >= 15 is 0 Å². The predicted molar refractivity (Wildman–Crippen MR) is 78.7 cm³/mol. The molecule has 2 aromatic carbocycles. The molecular formula is C15H7ClF2N2O3. The standard InChI is InChI=1S/C15H7ClF2N2O3/c16-8-3-1-4-9(7-8)20-14(21)19-13(23-15(20)22)12-10(17)5-2-6-11(12)18/h1-7H. The van der Waals surface area contributed by atoms with Crippen molar-refractivity contribution in [3.05, 3.63) is 80.2 Å². The SMILES string of the molecule is O=c1nc(-c2c(F)cccc2F)oc(=O)n1-c1cccc(Cl)c1. The first-order valence-electron chi connectivity index (χ1n) is 6.32. The maximum Gasteiger partial charge on any atom is 0.429 e. The van der Waals surface area contributed by atoms with E-state index in [1.54, 1.807) is 6.07 Å². The quantitative estimate of drug-likeness (QED) is 0.722. The Hall–Kier alpha value is -2.80. The van der Waals surface area contributed by atoms with E-state index in [0.717, 1.165) is 18.2 Å². The average molecular weight is 337 g/mol. The highest BCUT2D eigenvalue weighted by molar-refractivity contribution is 6.30. The Morgan fingerprint density at radius 2 is 1.70 bits per heavy atom. The van der Waals surface area contributed by atoms with Crippen molar-refractivity contribution in [3.63, 3.8) is 0 Å². The van der Waals surface area contributed by atoms with Crippen LogP contribution in [0.3, 0.4) is 0 Å². The van der Waals surface area contributed by atoms with Crippen molar-refractivity contribution >= 4 is 11.6 Å². The number of hydrogen-bond donors (Lipinski definition) is 0. The van der Waals surface area contributed by atoms with Crippen molar-refractivity contribution in [1.29, 1.82) is 0 Å². The van der Waals surface area contributed by atoms with Gasteiger partial charge in [0.15, 0.2) is 0 Å². The van der Waals surface area contributed by atoms with Crippen LogP contribution in [-0.2, 0) is 0 Å². The van der Waals surface area contributed by atoms with Crippen molar-refractivity contribution in [1.82, 2.24) is 9.55 Å². The molecule has 23 heavy (non-hydrogen) atoms. The number of aromatic nitrogens is 2. The average Bonchev–Trinajstić information content (AvgIpc) is 2.46. The van der Waals surface area contributed by atoms with Crippen molar-refractivity contribution in [3.8, 4) is 17.1 Å². The fourth-order valence-corrected chi connectivity index (χ4v) is 2.19. The molecule has 0 amide bonds. The Bertz CT molecular complexity index is 963. The van der Waals surface area contributed by atoms with Gasteiger partial charge in [-0.05, 0) is 30.3 Å². The second kappa shape index (κ2) is 5.77. The van der Waals surface area contributed by atoms with Crippen molar-refractivity contribution < 1.29 is 13.2 Å². The minimum absolute atomic E-state index is 0.129. The number of rotatable bonds is 2. The van der Waals surface area contributed by atoms with Gasteiger partial charge >= 0.3 is 11.4 Å². The summed E-state index contributed by atoms with van der Waals surface area (Å²) in [7, 11) is 0. The summed E-state index contributed by atoms with van der Waals surface area (Å²) in [5.74, 6) is -3.86. The second-order valence-electron chi connectivity index (χ2n) is 4.48. The molecule has 0 unspecified atom stereocenters. The minimum atomic E-state index is -1.13. The molecule has 0 bridgehead atoms. The first-order valence-corrected chi connectivity index (χ1v) is 6.69. The Kier molecular flexibility index (Phi) is 3.79. The monoisotopic (exact) mass is 336 g/mol. The van der Waals surface area contributed by atoms with Crippen LogP contribution in [-0.4, -0.2) is 9.55 Å². The fraction of sp³-hybridized carbons (Fsp3) is 0. The summed E-state index contributed by atoms with van der Waals surface area (Å²) >= 11 is 5.80. The van der Waals surface area contributed by atoms with Crippen molar-refractivity contribution in [2.24, 2.45) is 0 Å². The summed E-state index contributed by atoms with van der Waals surface area (Å²) in [5, 5.41) is 0.290. The van der Waals surface area contributed by atoms with Crippen LogP contribution in [0.2, 0.25) is 5.02 Å². The van der Waals surface area contributed by atoms with Crippen molar-refractivity contribution in [2.75, 3.05) is 0 Å². The lowest BCUT2D eigenvalue weighted by Gasteiger charge is -2.06. The maximum atomic E-state index is 13.7. The normalized spacial score (nSPS) is 10.7. The zero-order chi connectivity index (χ0) is 16.6. The van der Waals surface area contributed by atoms with Crippen LogP contribution in [0.4, 0.5) is 8.78 Å². The van der Waals surface area contributed by atoms with Crippen LogP contribution in [0.25, 0.3) is 17.1 Å². The van der Waals surface area contributed by atoms with E-state index in [0.29, 0.717) is 4.57 Å². The summed E-state index contributed by atoms with van der Waals surface area (Å²) in [6, 6.07) is 8.92. The smallest absolute Gasteiger partial charge is 0.389 e. The molecule has 5 nitrogen and oxygen atoms in total. The van der Waals surface area contributed by atoms with E-state index in [2.05, 4.69) is 4.98 Å². The van der Waals surface area contributed by atoms with Gasteiger partial charge in [0.1, 0.15) is 17.2 Å². The minimum Gasteiger partial charge on any atom is -0.389 e. The second-order valence-corrected chi connectivity index (χ2v) is 4.92. The van der Waals surface area contributed by atoms with Gasteiger partial charge in [-0.2, -0.15) is 9.55 Å². The molecule has 116 valence electrons. The fourth-order valence-electron chi connectivity index (χ4n) is 2.01. The van der Waals surface area contributed by atoms with Gasteiger partial charge < -0.3 is 4.42 Å². The molecule has 1 heterocycles. The third-order valence-corrected chi connectivity index (χ3v) is 3.23. The molecule has 0 fully saturated rings. The molecule has 0 aliphatic heterocycles. The Labute approximate surface area is 132 Å². The van der Waals surface area contributed by atoms with Crippen LogP contribution < -0.4 is 11.4 Å². The van der Waals surface area contributed by atoms with Gasteiger partial charge in [0.2, 0.25) is 5.89 Å². The molecule has 0 aliphatic carbocycles. The summed E-state index contributed by atoms with van der Waals surface area (Å²) in [5.41, 5.74) is -1.59. The number of hydrogen-bond acceptors (Lipinski definition) is 4. The van der Waals surface area contributed by atoms with Crippen molar-refractivity contribution in [2.45, 2.75) is 0 Å². The van der Waals surface area contributed by atoms with Gasteiger partial charge in [0, 0.05) is 5.02 Å². The van der Waals surface area contributed by atoms with Gasteiger partial charge in [0.05, 0.1) is 5.69 Å². The number of nitrogens with zero attached hydrogens (tertiary/aromatic N) is 2. The molecule has 0 saturated carbocycles. The topological polar surface area (TPSA) is 65.1 Å². The predicted octanol–water partition coefficient (Wildman–Crippen LogP) is 2.78. The van der Waals surface area contributed by atoms with E-state index in [-0.39, 0.29) is 10.7 Å². The van der Waals surface area contributed by atoms with E-state index in [9.17, 15) is 18.4 Å². The molecule has 8 heteroatoms. The van der Waals surface area contributed by atoms with Crippen LogP contribution >= 0.6 is 11.6 Å². The number of halogens is 3. The molecule has 0 spiro atoms. The molecule has 0 atom stereocenters. The Morgan fingerprint density at radius 3 is 2.30 bits per heavy atom. The van der Waals surface area contributed by atoms with Gasteiger partial charge in [-0.3, -0.25) is 0 Å². The van der Waals surface area contributed by atoms with Crippen LogP contribution in [0.5, 0.6) is 0 Å². The Balaban J connectivity index is 2.23. The molecule has 1 aromatic heterocycles. The van der Waals surface area contributed by atoms with Crippen LogP contribution in [0, 0.1) is 11.6 Å². The van der Waals surface area contributed by atoms with Crippen LogP contribution in [0.1, 0.15) is 0 Å². The molecule has 3 aromatic rings. The number of benzene rings is 2. The van der Waals surface area contributed by atoms with E-state index in [1.165, 1.54) is 18.2 Å². The molecule has 3 rings (SSSR count). The van der Waals surface area contributed by atoms with E-state index in [4.69, 9.17) is 16.0 Å². The summed E-state index contributed by atoms with van der Waals surface area (Å²) < 4.78 is 32.8. The summed E-state index contributed by atoms with van der Waals surface area (Å²) in [6.45, 7) is 0. The highest BCUT2D eigenvalue weighted by Crippen LogP contribution is 2.22. The molecular weight excluding hydrogens is 330 g/mol. The summed E-state index contributed by atoms with van der Waals surface area (Å²) in [6.07, 6.45) is 0. The van der Waals surface area contributed by atoms with Gasteiger partial charge in [0.25, 0.3) is 0 Å². The first kappa shape index (κ1) is 15.1. The first-order chi connectivity index (χ1) is 11.0. The zero-order valence-corrected chi connectivity index (χ0v) is 12.1. The lowest BCUT2D eigenvalue weighted by molar-refractivity contribution is 0.440. The third kappa shape index (κ3) is 2.78. The molecule has 0 aliphatic rings.